The summed E-state index contributed by atoms with van der Waals surface area (Å²) in [5, 5.41) is 50.5. The minimum atomic E-state index is -1.82. The van der Waals surface area contributed by atoms with Gasteiger partial charge in [-0.25, -0.2) is 19.2 Å². The molecule has 1 aromatic heterocycles. The maximum absolute atomic E-state index is 10.2. The fourth-order valence-corrected chi connectivity index (χ4v) is 7.60. The van der Waals surface area contributed by atoms with Crippen molar-refractivity contribution in [2.75, 3.05) is 46.5 Å². The van der Waals surface area contributed by atoms with Crippen molar-refractivity contribution in [2.45, 2.75) is 44.7 Å². The van der Waals surface area contributed by atoms with Crippen LogP contribution in [-0.2, 0) is 32.1 Å². The predicted molar refractivity (Wildman–Crippen MR) is 197 cm³/mol. The number of methoxy groups -OCH3 is 1. The molecule has 2 fully saturated rings. The number of nitrogens with zero attached hydrogens (tertiary/aromatic N) is 2. The number of likely N-dealkylation sites (tertiary alicyclic amines) is 2. The van der Waals surface area contributed by atoms with Crippen LogP contribution >= 0.6 is 11.3 Å². The van der Waals surface area contributed by atoms with Gasteiger partial charge in [-0.15, -0.1) is 11.3 Å². The van der Waals surface area contributed by atoms with E-state index in [-0.39, 0.29) is 18.4 Å². The SMILES string of the molecule is COc1cc(Cc2c(-c3ccc(OCCN4CCC[C@H]4CO)cc3)sc3cc(O)ccc23)ccc1CN1CCCC1.O=C(O)C(=O)O.O=C(O)C(=O)O. The summed E-state index contributed by atoms with van der Waals surface area (Å²) in [5.41, 5.74) is 4.86. The molecule has 1 atom stereocenters. The van der Waals surface area contributed by atoms with Gasteiger partial charge in [-0.05, 0) is 122 Å². The lowest BCUT2D eigenvalue weighted by atomic mass is 9.97. The molecular weight excluding hydrogens is 708 g/mol. The smallest absolute Gasteiger partial charge is 0.414 e. The van der Waals surface area contributed by atoms with E-state index in [0.29, 0.717) is 6.61 Å². The van der Waals surface area contributed by atoms with Crippen molar-refractivity contribution in [1.82, 2.24) is 9.80 Å². The van der Waals surface area contributed by atoms with Crippen LogP contribution in [-0.4, -0.2) is 117 Å². The molecule has 6 rings (SSSR count). The van der Waals surface area contributed by atoms with Crippen LogP contribution in [0.4, 0.5) is 0 Å². The molecule has 0 amide bonds. The highest BCUT2D eigenvalue weighted by Gasteiger charge is 2.23. The Morgan fingerprint density at radius 1 is 0.830 bits per heavy atom. The minimum absolute atomic E-state index is 0.222. The highest BCUT2D eigenvalue weighted by atomic mass is 32.1. The zero-order chi connectivity index (χ0) is 38.5. The number of aliphatic carboxylic acids is 4. The molecule has 0 aliphatic carbocycles. The second kappa shape index (κ2) is 19.6. The number of phenolic OH excluding ortho intramolecular Hbond substituents is 1. The number of carboxylic acid groups (broad SMARTS) is 4. The molecule has 4 aromatic rings. The van der Waals surface area contributed by atoms with Crippen molar-refractivity contribution in [3.8, 4) is 27.7 Å². The molecule has 284 valence electrons. The lowest BCUT2D eigenvalue weighted by Gasteiger charge is -2.22. The van der Waals surface area contributed by atoms with Gasteiger partial charge in [-0.3, -0.25) is 9.80 Å². The fraction of sp³-hybridized carbons (Fsp3) is 0.368. The molecule has 3 heterocycles. The normalized spacial score (nSPS) is 15.5. The Hall–Kier alpha value is -5.22. The maximum Gasteiger partial charge on any atom is 0.414 e. The van der Waals surface area contributed by atoms with Gasteiger partial charge in [0.15, 0.2) is 0 Å². The van der Waals surface area contributed by atoms with Crippen molar-refractivity contribution < 1.29 is 59.3 Å². The molecule has 2 aliphatic rings. The standard InChI is InChI=1S/C34H40N2O4S.2C2H2O4/c1-39-32-20-24(6-7-26(32)22-35-14-2-3-15-35)19-31-30-13-10-28(38)21-33(30)41-34(31)25-8-11-29(12-9-25)40-18-17-36-16-4-5-27(36)23-37;2*3-1(4)2(5)6/h6-13,20-21,27,37-38H,2-5,14-19,22-23H2,1H3;2*(H,3,4)(H,5,6)/t27-;;/m0../s1. The number of carboxylic acids is 4. The van der Waals surface area contributed by atoms with Crippen molar-refractivity contribution in [3.63, 3.8) is 0 Å². The van der Waals surface area contributed by atoms with Crippen molar-refractivity contribution in [2.24, 2.45) is 0 Å². The Kier molecular flexibility index (Phi) is 15.0. The van der Waals surface area contributed by atoms with Gasteiger partial charge in [0.25, 0.3) is 0 Å². The molecule has 3 aromatic carbocycles. The fourth-order valence-electron chi connectivity index (χ4n) is 6.34. The lowest BCUT2D eigenvalue weighted by molar-refractivity contribution is -0.159. The van der Waals surface area contributed by atoms with Crippen LogP contribution in [0.25, 0.3) is 20.5 Å². The largest absolute Gasteiger partial charge is 0.508 e. The first-order chi connectivity index (χ1) is 25.4. The van der Waals surface area contributed by atoms with Gasteiger partial charge in [0.05, 0.1) is 13.7 Å². The Labute approximate surface area is 310 Å². The number of hydrogen-bond donors (Lipinski definition) is 6. The van der Waals surface area contributed by atoms with E-state index in [1.54, 1.807) is 24.5 Å². The van der Waals surface area contributed by atoms with Gasteiger partial charge in [-0.1, -0.05) is 12.1 Å². The summed E-state index contributed by atoms with van der Waals surface area (Å²) < 4.78 is 13.0. The Balaban J connectivity index is 0.000000453. The summed E-state index contributed by atoms with van der Waals surface area (Å²) in [6.07, 6.45) is 5.54. The number of phenols is 1. The molecule has 2 aliphatic heterocycles. The molecular formula is C38H44N2O12S. The van der Waals surface area contributed by atoms with E-state index >= 15 is 0 Å². The molecule has 6 N–H and O–H groups in total. The molecule has 0 bridgehead atoms. The van der Waals surface area contributed by atoms with E-state index in [1.807, 2.05) is 24.3 Å². The quantitative estimate of drug-likeness (QED) is 0.115. The van der Waals surface area contributed by atoms with Crippen molar-refractivity contribution in [3.05, 3.63) is 77.4 Å². The Morgan fingerprint density at radius 3 is 2.09 bits per heavy atom. The second-order valence-electron chi connectivity index (χ2n) is 12.5. The average molecular weight is 753 g/mol. The number of thiophene rings is 1. The minimum Gasteiger partial charge on any atom is -0.508 e. The average Bonchev–Trinajstić information content (AvgIpc) is 3.90. The van der Waals surface area contributed by atoms with E-state index in [2.05, 4.69) is 40.1 Å². The molecule has 0 spiro atoms. The molecule has 0 saturated carbocycles. The highest BCUT2D eigenvalue weighted by molar-refractivity contribution is 7.22. The molecule has 15 heteroatoms. The van der Waals surface area contributed by atoms with Gasteiger partial charge in [0, 0.05) is 34.3 Å². The van der Waals surface area contributed by atoms with Crippen LogP contribution in [0.1, 0.15) is 42.4 Å². The zero-order valence-electron chi connectivity index (χ0n) is 29.3. The zero-order valence-corrected chi connectivity index (χ0v) is 30.1. The third-order valence-electron chi connectivity index (χ3n) is 8.94. The predicted octanol–water partition coefficient (Wildman–Crippen LogP) is 4.62. The van der Waals surface area contributed by atoms with E-state index in [4.69, 9.17) is 49.1 Å². The molecule has 53 heavy (non-hydrogen) atoms. The number of hydrogen-bond acceptors (Lipinski definition) is 11. The number of aromatic hydroxyl groups is 1. The van der Waals surface area contributed by atoms with Gasteiger partial charge in [-0.2, -0.15) is 0 Å². The summed E-state index contributed by atoms with van der Waals surface area (Å²) in [6.45, 7) is 5.95. The number of aliphatic hydroxyl groups excluding tert-OH is 1. The number of ether oxygens (including phenoxy) is 2. The second-order valence-corrected chi connectivity index (χ2v) is 13.6. The molecule has 0 unspecified atom stereocenters. The first-order valence-corrected chi connectivity index (χ1v) is 17.8. The third-order valence-corrected chi connectivity index (χ3v) is 10.2. The molecule has 0 radical (unpaired) electrons. The van der Waals surface area contributed by atoms with Crippen LogP contribution in [0, 0.1) is 0 Å². The van der Waals surface area contributed by atoms with Crippen LogP contribution in [0.15, 0.2) is 60.7 Å². The Morgan fingerprint density at radius 2 is 1.49 bits per heavy atom. The summed E-state index contributed by atoms with van der Waals surface area (Å²) >= 11 is 1.72. The molecule has 2 saturated heterocycles. The van der Waals surface area contributed by atoms with Gasteiger partial charge in [0.2, 0.25) is 0 Å². The van der Waals surface area contributed by atoms with Crippen LogP contribution in [0.2, 0.25) is 0 Å². The van der Waals surface area contributed by atoms with Crippen molar-refractivity contribution >= 4 is 45.3 Å². The topological polar surface area (TPSA) is 215 Å². The van der Waals surface area contributed by atoms with Crippen LogP contribution in [0.3, 0.4) is 0 Å². The first kappa shape index (κ1) is 40.5. The first-order valence-electron chi connectivity index (χ1n) is 17.0. The van der Waals surface area contributed by atoms with E-state index in [1.165, 1.54) is 39.8 Å². The number of fused-ring (bicyclic) bond motifs is 1. The number of aliphatic hydroxyl groups is 1. The van der Waals surface area contributed by atoms with Crippen LogP contribution in [0.5, 0.6) is 17.2 Å². The van der Waals surface area contributed by atoms with Gasteiger partial charge >= 0.3 is 23.9 Å². The summed E-state index contributed by atoms with van der Waals surface area (Å²) in [4.78, 5) is 42.4. The summed E-state index contributed by atoms with van der Waals surface area (Å²) in [6, 6.07) is 21.0. The van der Waals surface area contributed by atoms with E-state index < -0.39 is 23.9 Å². The lowest BCUT2D eigenvalue weighted by Crippen LogP contribution is -2.35. The van der Waals surface area contributed by atoms with Crippen LogP contribution < -0.4 is 9.47 Å². The molecule has 14 nitrogen and oxygen atoms in total. The monoisotopic (exact) mass is 752 g/mol. The number of rotatable bonds is 11. The van der Waals surface area contributed by atoms with Crippen molar-refractivity contribution in [1.29, 1.82) is 0 Å². The summed E-state index contributed by atoms with van der Waals surface area (Å²) in [5.74, 6) is -5.20. The highest BCUT2D eigenvalue weighted by Crippen LogP contribution is 2.42. The third kappa shape index (κ3) is 11.6. The Bertz CT molecular complexity index is 1820. The summed E-state index contributed by atoms with van der Waals surface area (Å²) in [7, 11) is 1.76. The van der Waals surface area contributed by atoms with E-state index in [0.717, 1.165) is 73.7 Å². The number of carbonyl (C=O) groups is 4. The maximum atomic E-state index is 10.2. The number of benzene rings is 3. The van der Waals surface area contributed by atoms with E-state index in [9.17, 15) is 10.2 Å². The van der Waals surface area contributed by atoms with Gasteiger partial charge in [0.1, 0.15) is 23.9 Å². The van der Waals surface area contributed by atoms with Gasteiger partial charge < -0.3 is 40.1 Å².